The van der Waals surface area contributed by atoms with Gasteiger partial charge in [-0.2, -0.15) is 0 Å². The quantitative estimate of drug-likeness (QED) is 0.798. The summed E-state index contributed by atoms with van der Waals surface area (Å²) >= 11 is 0. The van der Waals surface area contributed by atoms with Gasteiger partial charge in [-0.05, 0) is 57.3 Å². The summed E-state index contributed by atoms with van der Waals surface area (Å²) in [5.74, 6) is 1.17. The summed E-state index contributed by atoms with van der Waals surface area (Å²) in [6, 6.07) is 5.09. The maximum atomic E-state index is 4.68. The average molecular weight is 245 g/mol. The molecule has 0 spiro atoms. The molecule has 0 radical (unpaired) electrons. The highest BCUT2D eigenvalue weighted by molar-refractivity contribution is 5.40. The van der Waals surface area contributed by atoms with Gasteiger partial charge in [-0.15, -0.1) is 0 Å². The Morgan fingerprint density at radius 3 is 2.50 bits per heavy atom. The summed E-state index contributed by atoms with van der Waals surface area (Å²) in [6.45, 7) is 3.57. The summed E-state index contributed by atoms with van der Waals surface area (Å²) in [5, 5.41) is 0. The molecule has 0 aliphatic carbocycles. The van der Waals surface area contributed by atoms with Gasteiger partial charge in [0.05, 0.1) is 0 Å². The summed E-state index contributed by atoms with van der Waals surface area (Å²) < 4.78 is 0. The van der Waals surface area contributed by atoms with E-state index >= 15 is 0 Å². The van der Waals surface area contributed by atoms with Crippen LogP contribution in [-0.4, -0.2) is 36.6 Å². The minimum absolute atomic E-state index is 0.591. The van der Waals surface area contributed by atoms with Crippen LogP contribution in [0.4, 0.5) is 5.82 Å². The van der Waals surface area contributed by atoms with Crippen molar-refractivity contribution < 1.29 is 0 Å². The zero-order valence-electron chi connectivity index (χ0n) is 11.3. The Kier molecular flexibility index (Phi) is 3.50. The van der Waals surface area contributed by atoms with Gasteiger partial charge in [0.25, 0.3) is 0 Å². The fourth-order valence-electron chi connectivity index (χ4n) is 3.24. The molecule has 1 aromatic heterocycles. The number of likely N-dealkylation sites (tertiary alicyclic amines) is 1. The molecule has 0 aromatic carbocycles. The molecule has 3 heteroatoms. The first kappa shape index (κ1) is 12.0. The molecule has 1 atom stereocenters. The third-order valence-electron chi connectivity index (χ3n) is 4.36. The number of pyridine rings is 1. The molecule has 0 unspecified atom stereocenters. The highest BCUT2D eigenvalue weighted by Gasteiger charge is 2.23. The molecule has 2 saturated heterocycles. The summed E-state index contributed by atoms with van der Waals surface area (Å²) in [5.41, 5.74) is 1.38. The molecule has 0 bridgehead atoms. The Hall–Kier alpha value is -1.09. The Labute approximate surface area is 110 Å². The van der Waals surface area contributed by atoms with Crippen LogP contribution < -0.4 is 4.90 Å². The van der Waals surface area contributed by atoms with E-state index in [-0.39, 0.29) is 0 Å². The van der Waals surface area contributed by atoms with E-state index in [0.717, 1.165) is 0 Å². The maximum Gasteiger partial charge on any atom is 0.128 e. The molecule has 2 aliphatic rings. The van der Waals surface area contributed by atoms with Gasteiger partial charge < -0.3 is 4.90 Å². The summed E-state index contributed by atoms with van der Waals surface area (Å²) in [6.07, 6.45) is 8.69. The molecule has 0 amide bonds. The third-order valence-corrected chi connectivity index (χ3v) is 4.36. The maximum absolute atomic E-state index is 4.68. The van der Waals surface area contributed by atoms with Crippen molar-refractivity contribution in [3.63, 3.8) is 0 Å². The van der Waals surface area contributed by atoms with Crippen molar-refractivity contribution >= 4 is 5.82 Å². The van der Waals surface area contributed by atoms with Crippen LogP contribution >= 0.6 is 0 Å². The second-order valence-electron chi connectivity index (χ2n) is 5.64. The highest BCUT2D eigenvalue weighted by Crippen LogP contribution is 2.30. The smallest absolute Gasteiger partial charge is 0.128 e. The van der Waals surface area contributed by atoms with Gasteiger partial charge in [0.1, 0.15) is 5.82 Å². The molecule has 98 valence electrons. The van der Waals surface area contributed by atoms with E-state index in [2.05, 4.69) is 40.2 Å². The average Bonchev–Trinajstić information content (AvgIpc) is 2.86. The Balaban J connectivity index is 1.72. The van der Waals surface area contributed by atoms with Crippen molar-refractivity contribution in [1.29, 1.82) is 0 Å². The molecule has 0 N–H and O–H groups in total. The largest absolute Gasteiger partial charge is 0.357 e. The van der Waals surface area contributed by atoms with Crippen molar-refractivity contribution in [2.24, 2.45) is 0 Å². The lowest BCUT2D eigenvalue weighted by Crippen LogP contribution is -2.30. The molecule has 2 aliphatic heterocycles. The van der Waals surface area contributed by atoms with Gasteiger partial charge in [0, 0.05) is 25.3 Å². The Morgan fingerprint density at radius 2 is 1.89 bits per heavy atom. The first-order valence-electron chi connectivity index (χ1n) is 7.26. The number of hydrogen-bond acceptors (Lipinski definition) is 3. The Bertz CT molecular complexity index is 381. The van der Waals surface area contributed by atoms with Crippen LogP contribution in [0.5, 0.6) is 0 Å². The van der Waals surface area contributed by atoms with E-state index in [1.807, 2.05) is 0 Å². The van der Waals surface area contributed by atoms with Gasteiger partial charge in [-0.25, -0.2) is 4.98 Å². The zero-order chi connectivity index (χ0) is 12.4. The van der Waals surface area contributed by atoms with Crippen LogP contribution in [-0.2, 0) is 0 Å². The lowest BCUT2D eigenvalue weighted by Gasteiger charge is -2.28. The monoisotopic (exact) mass is 245 g/mol. The van der Waals surface area contributed by atoms with Crippen LogP contribution in [0.3, 0.4) is 0 Å². The lowest BCUT2D eigenvalue weighted by atomic mass is 10.1. The number of anilines is 1. The molecule has 0 saturated carbocycles. The second kappa shape index (κ2) is 5.27. The van der Waals surface area contributed by atoms with E-state index in [0.29, 0.717) is 6.04 Å². The van der Waals surface area contributed by atoms with Crippen LogP contribution in [0, 0.1) is 0 Å². The fourth-order valence-corrected chi connectivity index (χ4v) is 3.24. The van der Waals surface area contributed by atoms with E-state index in [4.69, 9.17) is 0 Å². The molecule has 3 nitrogen and oxygen atoms in total. The third kappa shape index (κ3) is 2.37. The number of hydrogen-bond donors (Lipinski definition) is 0. The molecule has 18 heavy (non-hydrogen) atoms. The van der Waals surface area contributed by atoms with Gasteiger partial charge in [0.15, 0.2) is 0 Å². The van der Waals surface area contributed by atoms with Gasteiger partial charge in [0.2, 0.25) is 0 Å². The topological polar surface area (TPSA) is 19.4 Å². The van der Waals surface area contributed by atoms with E-state index < -0.39 is 0 Å². The number of nitrogens with zero attached hydrogens (tertiary/aromatic N) is 3. The van der Waals surface area contributed by atoms with Crippen molar-refractivity contribution in [2.75, 3.05) is 31.6 Å². The van der Waals surface area contributed by atoms with Crippen LogP contribution in [0.1, 0.15) is 43.7 Å². The van der Waals surface area contributed by atoms with Crippen molar-refractivity contribution in [3.05, 3.63) is 23.9 Å². The fraction of sp³-hybridized carbons (Fsp3) is 0.667. The Morgan fingerprint density at radius 1 is 1.06 bits per heavy atom. The van der Waals surface area contributed by atoms with Crippen molar-refractivity contribution in [2.45, 2.75) is 38.1 Å². The molecule has 3 rings (SSSR count). The van der Waals surface area contributed by atoms with Crippen molar-refractivity contribution in [3.8, 4) is 0 Å². The molecular weight excluding hydrogens is 222 g/mol. The van der Waals surface area contributed by atoms with Gasteiger partial charge in [-0.1, -0.05) is 6.07 Å². The normalized spacial score (nSPS) is 25.6. The predicted molar refractivity (Wildman–Crippen MR) is 74.9 cm³/mol. The number of piperidine rings is 1. The standard InChI is InChI=1S/C15H23N3/c1-17-9-5-6-14(17)13-7-8-15(16-12-13)18-10-3-2-4-11-18/h7-8,12,14H,2-6,9-11H2,1H3/t14-/m1/s1. The predicted octanol–water partition coefficient (Wildman–Crippen LogP) is 2.84. The molecule has 2 fully saturated rings. The minimum atomic E-state index is 0.591. The first-order chi connectivity index (χ1) is 8.84. The minimum Gasteiger partial charge on any atom is -0.357 e. The van der Waals surface area contributed by atoms with E-state index in [1.165, 1.54) is 63.1 Å². The molecular formula is C15H23N3. The van der Waals surface area contributed by atoms with Crippen molar-refractivity contribution in [1.82, 2.24) is 9.88 Å². The summed E-state index contributed by atoms with van der Waals surface area (Å²) in [4.78, 5) is 9.54. The van der Waals surface area contributed by atoms with Crippen LogP contribution in [0.2, 0.25) is 0 Å². The number of aromatic nitrogens is 1. The van der Waals surface area contributed by atoms with Gasteiger partial charge in [-0.3, -0.25) is 4.90 Å². The highest BCUT2D eigenvalue weighted by atomic mass is 15.2. The second-order valence-corrected chi connectivity index (χ2v) is 5.64. The lowest BCUT2D eigenvalue weighted by molar-refractivity contribution is 0.317. The van der Waals surface area contributed by atoms with E-state index in [9.17, 15) is 0 Å². The number of rotatable bonds is 2. The van der Waals surface area contributed by atoms with E-state index in [1.54, 1.807) is 0 Å². The first-order valence-corrected chi connectivity index (χ1v) is 7.26. The van der Waals surface area contributed by atoms with Crippen LogP contribution in [0.25, 0.3) is 0 Å². The molecule has 3 heterocycles. The van der Waals surface area contributed by atoms with Gasteiger partial charge >= 0.3 is 0 Å². The summed E-state index contributed by atoms with van der Waals surface area (Å²) in [7, 11) is 2.22. The zero-order valence-corrected chi connectivity index (χ0v) is 11.3. The SMILES string of the molecule is CN1CCC[C@@H]1c1ccc(N2CCCCC2)nc1. The van der Waals surface area contributed by atoms with Crippen LogP contribution in [0.15, 0.2) is 18.3 Å². The molecule has 1 aromatic rings.